The topological polar surface area (TPSA) is 57.6 Å². The molecule has 1 aliphatic carbocycles. The number of nitrogens with zero attached hydrogens (tertiary/aromatic N) is 1. The first-order valence-electron chi connectivity index (χ1n) is 7.60. The van der Waals surface area contributed by atoms with Crippen molar-refractivity contribution in [1.82, 2.24) is 4.90 Å². The molecule has 1 N–H and O–H groups in total. The molecule has 1 aliphatic heterocycles. The number of amides is 1. The maximum absolute atomic E-state index is 12.4. The predicted octanol–water partition coefficient (Wildman–Crippen LogP) is 2.67. The molecule has 0 aromatic carbocycles. The zero-order valence-corrected chi connectivity index (χ0v) is 11.8. The highest BCUT2D eigenvalue weighted by atomic mass is 16.4. The van der Waals surface area contributed by atoms with Gasteiger partial charge in [-0.3, -0.25) is 4.79 Å². The van der Waals surface area contributed by atoms with Gasteiger partial charge in [0.25, 0.3) is 0 Å². The number of rotatable bonds is 3. The van der Waals surface area contributed by atoms with E-state index in [1.54, 1.807) is 4.90 Å². The molecule has 2 atom stereocenters. The zero-order valence-electron chi connectivity index (χ0n) is 11.8. The average molecular weight is 267 g/mol. The normalized spacial score (nSPS) is 29.2. The van der Waals surface area contributed by atoms with Crippen LogP contribution in [0.15, 0.2) is 0 Å². The molecule has 1 saturated heterocycles. The lowest BCUT2D eigenvalue weighted by molar-refractivity contribution is -0.153. The largest absolute Gasteiger partial charge is 0.480 e. The standard InChI is InChI=1S/C15H25NO3/c1-11-7-8-16(13(9-11)15(18)19)14(17)10-12-5-3-2-4-6-12/h11-13H,2-10H2,1H3,(H,18,19). The van der Waals surface area contributed by atoms with Gasteiger partial charge in [0.05, 0.1) is 0 Å². The molecular formula is C15H25NO3. The first-order valence-corrected chi connectivity index (χ1v) is 7.60. The summed E-state index contributed by atoms with van der Waals surface area (Å²) in [6, 6.07) is -0.597. The van der Waals surface area contributed by atoms with E-state index in [2.05, 4.69) is 6.92 Å². The number of piperidine rings is 1. The van der Waals surface area contributed by atoms with Crippen molar-refractivity contribution in [1.29, 1.82) is 0 Å². The summed E-state index contributed by atoms with van der Waals surface area (Å²) in [5.41, 5.74) is 0. The van der Waals surface area contributed by atoms with Gasteiger partial charge in [-0.05, 0) is 37.5 Å². The van der Waals surface area contributed by atoms with Crippen LogP contribution in [0.5, 0.6) is 0 Å². The molecule has 2 unspecified atom stereocenters. The highest BCUT2D eigenvalue weighted by molar-refractivity contribution is 5.84. The number of carboxylic acids is 1. The summed E-state index contributed by atoms with van der Waals surface area (Å²) in [6.45, 7) is 2.68. The molecule has 4 heteroatoms. The summed E-state index contributed by atoms with van der Waals surface area (Å²) in [5.74, 6) is 0.101. The van der Waals surface area contributed by atoms with Crippen molar-refractivity contribution in [3.63, 3.8) is 0 Å². The predicted molar refractivity (Wildman–Crippen MR) is 72.7 cm³/mol. The summed E-state index contributed by atoms with van der Waals surface area (Å²) in [4.78, 5) is 25.3. The number of likely N-dealkylation sites (tertiary alicyclic amines) is 1. The van der Waals surface area contributed by atoms with Crippen LogP contribution in [0.2, 0.25) is 0 Å². The highest BCUT2D eigenvalue weighted by Gasteiger charge is 2.35. The molecule has 0 bridgehead atoms. The Morgan fingerprint density at radius 2 is 1.84 bits per heavy atom. The molecule has 4 nitrogen and oxygen atoms in total. The molecule has 0 radical (unpaired) electrons. The number of carbonyl (C=O) groups is 2. The lowest BCUT2D eigenvalue weighted by Gasteiger charge is -2.37. The Hall–Kier alpha value is -1.06. The van der Waals surface area contributed by atoms with E-state index in [-0.39, 0.29) is 5.91 Å². The first-order chi connectivity index (χ1) is 9.08. The number of carbonyl (C=O) groups excluding carboxylic acids is 1. The Morgan fingerprint density at radius 3 is 2.47 bits per heavy atom. The van der Waals surface area contributed by atoms with Crippen LogP contribution in [-0.4, -0.2) is 34.5 Å². The zero-order chi connectivity index (χ0) is 13.8. The van der Waals surface area contributed by atoms with Gasteiger partial charge in [-0.15, -0.1) is 0 Å². The summed E-state index contributed by atoms with van der Waals surface area (Å²) >= 11 is 0. The minimum Gasteiger partial charge on any atom is -0.480 e. The third-order valence-corrected chi connectivity index (χ3v) is 4.66. The molecule has 2 fully saturated rings. The maximum atomic E-state index is 12.4. The number of hydrogen-bond acceptors (Lipinski definition) is 2. The van der Waals surface area contributed by atoms with Gasteiger partial charge in [-0.25, -0.2) is 4.79 Å². The second-order valence-corrected chi connectivity index (χ2v) is 6.28. The molecule has 2 rings (SSSR count). The Kier molecular flexibility index (Phi) is 4.83. The van der Waals surface area contributed by atoms with E-state index in [9.17, 15) is 14.7 Å². The fourth-order valence-corrected chi connectivity index (χ4v) is 3.43. The van der Waals surface area contributed by atoms with Gasteiger partial charge >= 0.3 is 5.97 Å². The average Bonchev–Trinajstić information content (AvgIpc) is 2.39. The van der Waals surface area contributed by atoms with Crippen molar-refractivity contribution in [3.8, 4) is 0 Å². The maximum Gasteiger partial charge on any atom is 0.326 e. The van der Waals surface area contributed by atoms with E-state index in [1.807, 2.05) is 0 Å². The molecule has 0 spiro atoms. The Bertz CT molecular complexity index is 336. The molecule has 0 aromatic rings. The molecule has 1 amide bonds. The van der Waals surface area contributed by atoms with Gasteiger partial charge < -0.3 is 10.0 Å². The highest BCUT2D eigenvalue weighted by Crippen LogP contribution is 2.29. The van der Waals surface area contributed by atoms with E-state index < -0.39 is 12.0 Å². The molecule has 2 aliphatic rings. The van der Waals surface area contributed by atoms with E-state index >= 15 is 0 Å². The summed E-state index contributed by atoms with van der Waals surface area (Å²) < 4.78 is 0. The molecule has 0 aromatic heterocycles. The van der Waals surface area contributed by atoms with Gasteiger partial charge in [0, 0.05) is 13.0 Å². The SMILES string of the molecule is CC1CCN(C(=O)CC2CCCCC2)C(C(=O)O)C1. The summed E-state index contributed by atoms with van der Waals surface area (Å²) in [7, 11) is 0. The van der Waals surface area contributed by atoms with Gasteiger partial charge in [0.2, 0.25) is 5.91 Å². The van der Waals surface area contributed by atoms with Crippen molar-refractivity contribution in [2.45, 2.75) is 64.3 Å². The van der Waals surface area contributed by atoms with Crippen molar-refractivity contribution in [2.75, 3.05) is 6.54 Å². The molecule has 1 heterocycles. The van der Waals surface area contributed by atoms with Crippen LogP contribution in [0, 0.1) is 11.8 Å². The second-order valence-electron chi connectivity index (χ2n) is 6.28. The Morgan fingerprint density at radius 1 is 1.16 bits per heavy atom. The van der Waals surface area contributed by atoms with Crippen molar-refractivity contribution in [2.24, 2.45) is 11.8 Å². The molecule has 1 saturated carbocycles. The molecular weight excluding hydrogens is 242 g/mol. The second kappa shape index (κ2) is 6.40. The molecule has 108 valence electrons. The van der Waals surface area contributed by atoms with E-state index in [0.717, 1.165) is 19.3 Å². The van der Waals surface area contributed by atoms with Gasteiger partial charge in [-0.1, -0.05) is 26.2 Å². The minimum absolute atomic E-state index is 0.0613. The lowest BCUT2D eigenvalue weighted by atomic mass is 9.85. The monoisotopic (exact) mass is 267 g/mol. The first kappa shape index (κ1) is 14.4. The van der Waals surface area contributed by atoms with Gasteiger partial charge in [0.15, 0.2) is 0 Å². The summed E-state index contributed by atoms with van der Waals surface area (Å²) in [5, 5.41) is 9.29. The number of aliphatic carboxylic acids is 1. The minimum atomic E-state index is -0.844. The fraction of sp³-hybridized carbons (Fsp3) is 0.867. The molecule has 19 heavy (non-hydrogen) atoms. The quantitative estimate of drug-likeness (QED) is 0.855. The van der Waals surface area contributed by atoms with Crippen LogP contribution in [0.4, 0.5) is 0 Å². The van der Waals surface area contributed by atoms with Crippen molar-refractivity contribution >= 4 is 11.9 Å². The van der Waals surface area contributed by atoms with Crippen molar-refractivity contribution < 1.29 is 14.7 Å². The lowest BCUT2D eigenvalue weighted by Crippen LogP contribution is -2.50. The van der Waals surface area contributed by atoms with Crippen LogP contribution in [-0.2, 0) is 9.59 Å². The number of hydrogen-bond donors (Lipinski definition) is 1. The van der Waals surface area contributed by atoms with E-state index in [0.29, 0.717) is 31.2 Å². The van der Waals surface area contributed by atoms with Crippen LogP contribution >= 0.6 is 0 Å². The van der Waals surface area contributed by atoms with Crippen molar-refractivity contribution in [3.05, 3.63) is 0 Å². The summed E-state index contributed by atoms with van der Waals surface area (Å²) in [6.07, 6.45) is 8.07. The van der Waals surface area contributed by atoms with E-state index in [1.165, 1.54) is 19.3 Å². The number of carboxylic acid groups (broad SMARTS) is 1. The third-order valence-electron chi connectivity index (χ3n) is 4.66. The van der Waals surface area contributed by atoms with E-state index in [4.69, 9.17) is 0 Å². The Labute approximate surface area is 115 Å². The smallest absolute Gasteiger partial charge is 0.326 e. The van der Waals surface area contributed by atoms with Crippen LogP contribution in [0.1, 0.15) is 58.3 Å². The third kappa shape index (κ3) is 3.71. The van der Waals surface area contributed by atoms with Gasteiger partial charge in [0.1, 0.15) is 6.04 Å². The fourth-order valence-electron chi connectivity index (χ4n) is 3.43. The van der Waals surface area contributed by atoms with Crippen LogP contribution < -0.4 is 0 Å². The van der Waals surface area contributed by atoms with Crippen LogP contribution in [0.25, 0.3) is 0 Å². The van der Waals surface area contributed by atoms with Crippen LogP contribution in [0.3, 0.4) is 0 Å². The van der Waals surface area contributed by atoms with Gasteiger partial charge in [-0.2, -0.15) is 0 Å². The Balaban J connectivity index is 1.93.